The Morgan fingerprint density at radius 3 is 2.95 bits per heavy atom. The van der Waals surface area contributed by atoms with Crippen LogP contribution in [0.3, 0.4) is 0 Å². The number of carbonyl (C=O) groups excluding carboxylic acids is 1. The number of fused-ring (bicyclic) bond motifs is 1. The average Bonchev–Trinajstić information content (AvgIpc) is 2.38. The third-order valence-electron chi connectivity index (χ3n) is 3.15. The summed E-state index contributed by atoms with van der Waals surface area (Å²) in [6.45, 7) is 3.77. The minimum atomic E-state index is -0.835. The molecule has 1 aromatic heterocycles. The van der Waals surface area contributed by atoms with Gasteiger partial charge in [-0.25, -0.2) is 0 Å². The predicted octanol–water partition coefficient (Wildman–Crippen LogP) is 2.69. The Labute approximate surface area is 113 Å². The van der Waals surface area contributed by atoms with Gasteiger partial charge in [0.05, 0.1) is 11.1 Å². The molecule has 4 nitrogen and oxygen atoms in total. The van der Waals surface area contributed by atoms with Gasteiger partial charge in [-0.05, 0) is 37.6 Å². The van der Waals surface area contributed by atoms with Gasteiger partial charge >= 0.3 is 0 Å². The quantitative estimate of drug-likeness (QED) is 0.884. The molecule has 1 aromatic carbocycles. The summed E-state index contributed by atoms with van der Waals surface area (Å²) in [6.07, 6.45) is 3.29. The minimum Gasteiger partial charge on any atom is -0.324 e. The predicted molar refractivity (Wildman–Crippen MR) is 77.9 cm³/mol. The smallest absolute Gasteiger partial charge is 0.244 e. The van der Waals surface area contributed by atoms with Crippen LogP contribution in [0.4, 0.5) is 5.69 Å². The fourth-order valence-electron chi connectivity index (χ4n) is 2.06. The maximum Gasteiger partial charge on any atom is 0.244 e. The van der Waals surface area contributed by atoms with Crippen LogP contribution in [0.1, 0.15) is 26.7 Å². The fourth-order valence-corrected chi connectivity index (χ4v) is 2.06. The highest BCUT2D eigenvalue weighted by molar-refractivity contribution is 5.99. The first-order chi connectivity index (χ1) is 9.03. The van der Waals surface area contributed by atoms with Gasteiger partial charge in [-0.3, -0.25) is 9.78 Å². The van der Waals surface area contributed by atoms with Gasteiger partial charge in [0.1, 0.15) is 0 Å². The van der Waals surface area contributed by atoms with Crippen LogP contribution in [0.5, 0.6) is 0 Å². The first-order valence-corrected chi connectivity index (χ1v) is 6.48. The highest BCUT2D eigenvalue weighted by Gasteiger charge is 2.27. The number of benzene rings is 1. The molecule has 0 aliphatic carbocycles. The average molecular weight is 257 g/mol. The van der Waals surface area contributed by atoms with Gasteiger partial charge in [0, 0.05) is 17.3 Å². The molecule has 0 aliphatic rings. The van der Waals surface area contributed by atoms with Crippen molar-refractivity contribution < 1.29 is 4.79 Å². The second-order valence-electron chi connectivity index (χ2n) is 5.03. The number of hydrogen-bond donors (Lipinski definition) is 2. The third-order valence-corrected chi connectivity index (χ3v) is 3.15. The van der Waals surface area contributed by atoms with Crippen LogP contribution in [-0.4, -0.2) is 16.4 Å². The van der Waals surface area contributed by atoms with Gasteiger partial charge in [0.25, 0.3) is 0 Å². The number of aromatic nitrogens is 1. The van der Waals surface area contributed by atoms with Crippen molar-refractivity contribution in [3.05, 3.63) is 36.5 Å². The highest BCUT2D eigenvalue weighted by atomic mass is 16.2. The Hall–Kier alpha value is -1.94. The molecule has 0 saturated carbocycles. The Morgan fingerprint density at radius 1 is 1.42 bits per heavy atom. The lowest BCUT2D eigenvalue weighted by atomic mass is 9.96. The van der Waals surface area contributed by atoms with Crippen molar-refractivity contribution in [1.82, 2.24) is 4.98 Å². The summed E-state index contributed by atoms with van der Waals surface area (Å²) in [6, 6.07) is 9.47. The molecule has 19 heavy (non-hydrogen) atoms. The molecule has 0 aliphatic heterocycles. The SMILES string of the molecule is CCCC(C)(N)C(=O)Nc1ccc2ncccc2c1. The molecule has 1 heterocycles. The van der Waals surface area contributed by atoms with E-state index in [1.54, 1.807) is 13.1 Å². The summed E-state index contributed by atoms with van der Waals surface area (Å²) in [4.78, 5) is 16.4. The highest BCUT2D eigenvalue weighted by Crippen LogP contribution is 2.19. The Bertz CT molecular complexity index is 593. The van der Waals surface area contributed by atoms with E-state index < -0.39 is 5.54 Å². The standard InChI is InChI=1S/C15H19N3O/c1-3-8-15(2,16)14(19)18-12-6-7-13-11(10-12)5-4-9-17-13/h4-7,9-10H,3,8,16H2,1-2H3,(H,18,19). The summed E-state index contributed by atoms with van der Waals surface area (Å²) < 4.78 is 0. The van der Waals surface area contributed by atoms with Crippen molar-refractivity contribution in [1.29, 1.82) is 0 Å². The van der Waals surface area contributed by atoms with Gasteiger partial charge in [-0.1, -0.05) is 19.4 Å². The number of nitrogens with two attached hydrogens (primary N) is 1. The van der Waals surface area contributed by atoms with E-state index in [1.807, 2.05) is 37.3 Å². The molecule has 0 radical (unpaired) electrons. The van der Waals surface area contributed by atoms with E-state index in [2.05, 4.69) is 10.3 Å². The number of amides is 1. The maximum atomic E-state index is 12.1. The van der Waals surface area contributed by atoms with Gasteiger partial charge in [0.2, 0.25) is 5.91 Å². The summed E-state index contributed by atoms with van der Waals surface area (Å²) in [5, 5.41) is 3.86. The van der Waals surface area contributed by atoms with Crippen molar-refractivity contribution in [2.45, 2.75) is 32.2 Å². The number of rotatable bonds is 4. The molecule has 0 bridgehead atoms. The molecule has 2 aromatic rings. The molecule has 0 spiro atoms. The maximum absolute atomic E-state index is 12.1. The van der Waals surface area contributed by atoms with Crippen LogP contribution in [-0.2, 0) is 4.79 Å². The molecule has 0 saturated heterocycles. The number of carbonyl (C=O) groups is 1. The second kappa shape index (κ2) is 5.36. The van der Waals surface area contributed by atoms with E-state index in [1.165, 1.54) is 0 Å². The Kier molecular flexibility index (Phi) is 3.81. The summed E-state index contributed by atoms with van der Waals surface area (Å²) >= 11 is 0. The van der Waals surface area contributed by atoms with E-state index in [0.717, 1.165) is 23.0 Å². The topological polar surface area (TPSA) is 68.0 Å². The lowest BCUT2D eigenvalue weighted by Gasteiger charge is -2.22. The molecule has 100 valence electrons. The first kappa shape index (κ1) is 13.5. The zero-order chi connectivity index (χ0) is 13.9. The first-order valence-electron chi connectivity index (χ1n) is 6.48. The van der Waals surface area contributed by atoms with Crippen LogP contribution in [0, 0.1) is 0 Å². The molecule has 4 heteroatoms. The van der Waals surface area contributed by atoms with E-state index in [-0.39, 0.29) is 5.91 Å². The largest absolute Gasteiger partial charge is 0.324 e. The van der Waals surface area contributed by atoms with Crippen molar-refractivity contribution >= 4 is 22.5 Å². The molecule has 0 fully saturated rings. The normalized spacial score (nSPS) is 14.1. The zero-order valence-corrected chi connectivity index (χ0v) is 11.3. The zero-order valence-electron chi connectivity index (χ0n) is 11.3. The fraction of sp³-hybridized carbons (Fsp3) is 0.333. The van der Waals surface area contributed by atoms with Gasteiger partial charge < -0.3 is 11.1 Å². The van der Waals surface area contributed by atoms with E-state index in [4.69, 9.17) is 5.73 Å². The lowest BCUT2D eigenvalue weighted by Crippen LogP contribution is -2.48. The van der Waals surface area contributed by atoms with Crippen molar-refractivity contribution in [3.63, 3.8) is 0 Å². The molecular weight excluding hydrogens is 238 g/mol. The molecule has 2 rings (SSSR count). The molecular formula is C15H19N3O. The van der Waals surface area contributed by atoms with Crippen LogP contribution in [0.2, 0.25) is 0 Å². The molecule has 1 atom stereocenters. The van der Waals surface area contributed by atoms with Gasteiger partial charge in [0.15, 0.2) is 0 Å². The molecule has 1 unspecified atom stereocenters. The number of anilines is 1. The number of pyridine rings is 1. The summed E-state index contributed by atoms with van der Waals surface area (Å²) in [5.41, 5.74) is 6.83. The van der Waals surface area contributed by atoms with Crippen LogP contribution >= 0.6 is 0 Å². The number of hydrogen-bond acceptors (Lipinski definition) is 3. The van der Waals surface area contributed by atoms with E-state index >= 15 is 0 Å². The van der Waals surface area contributed by atoms with E-state index in [0.29, 0.717) is 6.42 Å². The van der Waals surface area contributed by atoms with Crippen molar-refractivity contribution in [2.75, 3.05) is 5.32 Å². The summed E-state index contributed by atoms with van der Waals surface area (Å²) in [7, 11) is 0. The Balaban J connectivity index is 2.19. The van der Waals surface area contributed by atoms with E-state index in [9.17, 15) is 4.79 Å². The lowest BCUT2D eigenvalue weighted by molar-refractivity contribution is -0.120. The van der Waals surface area contributed by atoms with Crippen LogP contribution in [0.15, 0.2) is 36.5 Å². The van der Waals surface area contributed by atoms with Gasteiger partial charge in [-0.2, -0.15) is 0 Å². The summed E-state index contributed by atoms with van der Waals surface area (Å²) in [5.74, 6) is -0.155. The number of nitrogens with zero attached hydrogens (tertiary/aromatic N) is 1. The molecule has 1 amide bonds. The van der Waals surface area contributed by atoms with Crippen LogP contribution in [0.25, 0.3) is 10.9 Å². The Morgan fingerprint density at radius 2 is 2.21 bits per heavy atom. The van der Waals surface area contributed by atoms with Crippen molar-refractivity contribution in [3.8, 4) is 0 Å². The number of nitrogens with one attached hydrogen (secondary N) is 1. The minimum absolute atomic E-state index is 0.155. The van der Waals surface area contributed by atoms with Gasteiger partial charge in [-0.15, -0.1) is 0 Å². The van der Waals surface area contributed by atoms with Crippen LogP contribution < -0.4 is 11.1 Å². The monoisotopic (exact) mass is 257 g/mol. The third kappa shape index (κ3) is 3.09. The second-order valence-corrected chi connectivity index (χ2v) is 5.03. The molecule has 3 N–H and O–H groups in total. The van der Waals surface area contributed by atoms with Crippen molar-refractivity contribution in [2.24, 2.45) is 5.73 Å².